The zero-order valence-electron chi connectivity index (χ0n) is 18.7. The molecule has 0 aliphatic heterocycles. The quantitative estimate of drug-likeness (QED) is 0.105. The van der Waals surface area contributed by atoms with E-state index in [4.69, 9.17) is 0 Å². The molecule has 1 atom stereocenters. The number of hydrogen-bond donors (Lipinski definition) is 0. The van der Waals surface area contributed by atoms with Crippen molar-refractivity contribution in [2.75, 3.05) is 5.75 Å². The minimum Gasteiger partial charge on any atom is -0.300 e. The Morgan fingerprint density at radius 2 is 1.03 bits per heavy atom. The molecular formula is C23H20F10OS2. The van der Waals surface area contributed by atoms with Gasteiger partial charge in [-0.3, -0.25) is 0 Å². The minimum atomic E-state index is -2.27. The van der Waals surface area contributed by atoms with E-state index in [9.17, 15) is 48.7 Å². The van der Waals surface area contributed by atoms with Gasteiger partial charge in [0.15, 0.2) is 46.5 Å². The summed E-state index contributed by atoms with van der Waals surface area (Å²) in [7, 11) is 0. The first-order chi connectivity index (χ1) is 16.9. The fourth-order valence-corrected chi connectivity index (χ4v) is 5.68. The molecule has 1 nitrogen and oxygen atoms in total. The van der Waals surface area contributed by atoms with Crippen molar-refractivity contribution in [2.45, 2.75) is 55.8 Å². The molecule has 0 spiro atoms. The number of benzene rings is 2. The molecule has 0 aromatic heterocycles. The summed E-state index contributed by atoms with van der Waals surface area (Å²) in [5, 5.41) is -0.421. The van der Waals surface area contributed by atoms with Crippen molar-refractivity contribution >= 4 is 29.3 Å². The summed E-state index contributed by atoms with van der Waals surface area (Å²) < 4.78 is 136. The Morgan fingerprint density at radius 1 is 0.611 bits per heavy atom. The first kappa shape index (κ1) is 30.3. The third-order valence-corrected chi connectivity index (χ3v) is 7.62. The molecule has 1 unspecified atom stereocenters. The Bertz CT molecular complexity index is 1050. The molecule has 36 heavy (non-hydrogen) atoms. The van der Waals surface area contributed by atoms with Gasteiger partial charge in [0.1, 0.15) is 5.78 Å². The summed E-state index contributed by atoms with van der Waals surface area (Å²) in [5.74, 6) is -21.6. The van der Waals surface area contributed by atoms with Crippen molar-refractivity contribution < 1.29 is 48.7 Å². The SMILES string of the molecule is CC(=O)CCCCC(CCSCc1c(F)c(F)c(F)c(F)c1F)SCc1c(F)c(F)c(F)c(F)c1F. The largest absolute Gasteiger partial charge is 0.300 e. The zero-order chi connectivity index (χ0) is 27.2. The van der Waals surface area contributed by atoms with E-state index in [1.807, 2.05) is 0 Å². The lowest BCUT2D eigenvalue weighted by molar-refractivity contribution is -0.117. The predicted octanol–water partition coefficient (Wildman–Crippen LogP) is 8.15. The van der Waals surface area contributed by atoms with Crippen molar-refractivity contribution in [1.82, 2.24) is 0 Å². The Labute approximate surface area is 209 Å². The number of carbonyl (C=O) groups is 1. The van der Waals surface area contributed by atoms with Crippen LogP contribution in [0.3, 0.4) is 0 Å². The Hall–Kier alpha value is -1.89. The van der Waals surface area contributed by atoms with Crippen molar-refractivity contribution in [3.05, 3.63) is 69.3 Å². The van der Waals surface area contributed by atoms with Gasteiger partial charge < -0.3 is 4.79 Å². The number of hydrogen-bond acceptors (Lipinski definition) is 3. The number of unbranched alkanes of at least 4 members (excludes halogenated alkanes) is 1. The molecule has 0 radical (unpaired) electrons. The number of rotatable bonds is 13. The summed E-state index contributed by atoms with van der Waals surface area (Å²) in [6.07, 6.45) is 1.88. The van der Waals surface area contributed by atoms with E-state index >= 15 is 0 Å². The molecule has 0 N–H and O–H groups in total. The fraction of sp³-hybridized carbons (Fsp3) is 0.435. The predicted molar refractivity (Wildman–Crippen MR) is 117 cm³/mol. The first-order valence-electron chi connectivity index (χ1n) is 10.6. The lowest BCUT2D eigenvalue weighted by atomic mass is 10.1. The van der Waals surface area contributed by atoms with E-state index in [-0.39, 0.29) is 24.4 Å². The molecule has 2 aromatic carbocycles. The van der Waals surface area contributed by atoms with Gasteiger partial charge in [0.05, 0.1) is 0 Å². The van der Waals surface area contributed by atoms with E-state index in [1.54, 1.807) is 0 Å². The van der Waals surface area contributed by atoms with Crippen molar-refractivity contribution in [3.8, 4) is 0 Å². The molecule has 13 heteroatoms. The molecule has 200 valence electrons. The van der Waals surface area contributed by atoms with Gasteiger partial charge in [-0.05, 0) is 31.9 Å². The van der Waals surface area contributed by atoms with Crippen LogP contribution in [0.4, 0.5) is 43.9 Å². The van der Waals surface area contributed by atoms with Gasteiger partial charge >= 0.3 is 0 Å². The molecule has 0 bridgehead atoms. The van der Waals surface area contributed by atoms with Crippen LogP contribution in [0, 0.1) is 58.2 Å². The van der Waals surface area contributed by atoms with E-state index in [1.165, 1.54) is 6.92 Å². The second kappa shape index (κ2) is 13.6. The van der Waals surface area contributed by atoms with Crippen LogP contribution in [-0.2, 0) is 16.3 Å². The smallest absolute Gasteiger partial charge is 0.200 e. The number of halogens is 10. The maximum Gasteiger partial charge on any atom is 0.200 e. The Kier molecular flexibility index (Phi) is 11.5. The van der Waals surface area contributed by atoms with Crippen molar-refractivity contribution in [2.24, 2.45) is 0 Å². The first-order valence-corrected chi connectivity index (χ1v) is 12.8. The second-order valence-electron chi connectivity index (χ2n) is 7.82. The molecule has 0 amide bonds. The van der Waals surface area contributed by atoms with Crippen LogP contribution in [0.25, 0.3) is 0 Å². The molecule has 0 saturated heterocycles. The number of thioether (sulfide) groups is 2. The van der Waals surface area contributed by atoms with Crippen molar-refractivity contribution in [1.29, 1.82) is 0 Å². The molecule has 0 fully saturated rings. The maximum absolute atomic E-state index is 14.0. The summed E-state index contributed by atoms with van der Waals surface area (Å²) >= 11 is 1.74. The van der Waals surface area contributed by atoms with Gasteiger partial charge in [0.25, 0.3) is 0 Å². The third-order valence-electron chi connectivity index (χ3n) is 5.20. The third kappa shape index (κ3) is 7.33. The van der Waals surface area contributed by atoms with Crippen LogP contribution in [0.1, 0.15) is 50.2 Å². The number of ketones is 1. The monoisotopic (exact) mass is 566 g/mol. The molecule has 0 aliphatic rings. The molecule has 2 aromatic rings. The normalized spacial score (nSPS) is 12.3. The number of carbonyl (C=O) groups excluding carboxylic acids is 1. The average molecular weight is 567 g/mol. The zero-order valence-corrected chi connectivity index (χ0v) is 20.4. The van der Waals surface area contributed by atoms with Crippen LogP contribution in [0.15, 0.2) is 0 Å². The molecular weight excluding hydrogens is 546 g/mol. The lowest BCUT2D eigenvalue weighted by Gasteiger charge is -2.17. The Balaban J connectivity index is 2.06. The lowest BCUT2D eigenvalue weighted by Crippen LogP contribution is -2.10. The minimum absolute atomic E-state index is 0.0565. The van der Waals surface area contributed by atoms with Crippen LogP contribution < -0.4 is 0 Å². The summed E-state index contributed by atoms with van der Waals surface area (Å²) in [5.41, 5.74) is -2.00. The highest BCUT2D eigenvalue weighted by Gasteiger charge is 2.27. The van der Waals surface area contributed by atoms with E-state index in [0.29, 0.717) is 19.3 Å². The van der Waals surface area contributed by atoms with E-state index < -0.39 is 86.1 Å². The van der Waals surface area contributed by atoms with Gasteiger partial charge in [-0.25, -0.2) is 43.9 Å². The van der Waals surface area contributed by atoms with E-state index in [0.717, 1.165) is 23.5 Å². The van der Waals surface area contributed by atoms with Crippen molar-refractivity contribution in [3.63, 3.8) is 0 Å². The van der Waals surface area contributed by atoms with Gasteiger partial charge in [-0.15, -0.1) is 0 Å². The molecule has 0 heterocycles. The summed E-state index contributed by atoms with van der Waals surface area (Å²) in [6, 6.07) is 0. The molecule has 0 aliphatic carbocycles. The average Bonchev–Trinajstić information content (AvgIpc) is 2.85. The van der Waals surface area contributed by atoms with Crippen LogP contribution >= 0.6 is 23.5 Å². The van der Waals surface area contributed by atoms with Crippen LogP contribution in [-0.4, -0.2) is 16.8 Å². The highest BCUT2D eigenvalue weighted by Crippen LogP contribution is 2.32. The summed E-state index contributed by atoms with van der Waals surface area (Å²) in [6.45, 7) is 1.39. The van der Waals surface area contributed by atoms with Gasteiger partial charge in [0, 0.05) is 34.3 Å². The maximum atomic E-state index is 14.0. The number of Topliss-reactive ketones (excluding diaryl/α,β-unsaturated/α-hetero) is 1. The Morgan fingerprint density at radius 3 is 1.47 bits per heavy atom. The van der Waals surface area contributed by atoms with Crippen LogP contribution in [0.2, 0.25) is 0 Å². The molecule has 2 rings (SSSR count). The van der Waals surface area contributed by atoms with Gasteiger partial charge in [-0.2, -0.15) is 23.5 Å². The highest BCUT2D eigenvalue weighted by molar-refractivity contribution is 7.99. The standard InChI is InChI=1S/C23H20F10OS2/c1-10(34)4-2-3-5-11(36-9-13-16(26)20(30)23(33)21(31)17(13)27)6-7-35-8-12-14(24)18(28)22(32)19(29)15(12)25/h11H,2-9H2,1H3. The summed E-state index contributed by atoms with van der Waals surface area (Å²) in [4.78, 5) is 11.1. The van der Waals surface area contributed by atoms with Gasteiger partial charge in [0.2, 0.25) is 11.6 Å². The van der Waals surface area contributed by atoms with Crippen LogP contribution in [0.5, 0.6) is 0 Å². The van der Waals surface area contributed by atoms with E-state index in [2.05, 4.69) is 0 Å². The highest BCUT2D eigenvalue weighted by atomic mass is 32.2. The molecule has 0 saturated carbocycles. The second-order valence-corrected chi connectivity index (χ2v) is 10.2. The topological polar surface area (TPSA) is 17.1 Å². The van der Waals surface area contributed by atoms with Gasteiger partial charge in [-0.1, -0.05) is 6.42 Å². The fourth-order valence-electron chi connectivity index (χ4n) is 3.20.